The van der Waals surface area contributed by atoms with Crippen LogP contribution in [0.15, 0.2) is 53.2 Å². The van der Waals surface area contributed by atoms with Crippen LogP contribution in [0.2, 0.25) is 0 Å². The summed E-state index contributed by atoms with van der Waals surface area (Å²) in [4.78, 5) is 25.1. The molecule has 3 heterocycles. The van der Waals surface area contributed by atoms with Gasteiger partial charge in [0.1, 0.15) is 5.76 Å². The van der Waals surface area contributed by atoms with Crippen LogP contribution in [-0.2, 0) is 37.4 Å². The number of hydrogen-bond donors (Lipinski definition) is 1. The van der Waals surface area contributed by atoms with Gasteiger partial charge < -0.3 is 14.4 Å². The highest BCUT2D eigenvalue weighted by atomic mass is 16.4. The van der Waals surface area contributed by atoms with Crippen molar-refractivity contribution in [3.8, 4) is 0 Å². The molecule has 2 aromatic heterocycles. The summed E-state index contributed by atoms with van der Waals surface area (Å²) >= 11 is 0. The van der Waals surface area contributed by atoms with Gasteiger partial charge in [0, 0.05) is 45.0 Å². The Bertz CT molecular complexity index is 1010. The molecule has 1 aliphatic heterocycles. The van der Waals surface area contributed by atoms with Crippen LogP contribution >= 0.6 is 0 Å². The summed E-state index contributed by atoms with van der Waals surface area (Å²) in [7, 11) is 1.79. The molecule has 0 spiro atoms. The molecule has 0 saturated heterocycles. The Kier molecular flexibility index (Phi) is 7.61. The summed E-state index contributed by atoms with van der Waals surface area (Å²) < 4.78 is 7.72. The Hall–Kier alpha value is -3.39. The van der Waals surface area contributed by atoms with Crippen molar-refractivity contribution in [3.05, 3.63) is 77.0 Å². The molecule has 1 N–H and O–H groups in total. The maximum atomic E-state index is 12.7. The minimum atomic E-state index is -0.250. The van der Waals surface area contributed by atoms with E-state index in [4.69, 9.17) is 14.3 Å². The first-order valence-electron chi connectivity index (χ1n) is 10.3. The van der Waals surface area contributed by atoms with Crippen LogP contribution in [0.5, 0.6) is 0 Å². The number of aryl methyl sites for hydroxylation is 1. The Balaban J connectivity index is 0.000000858. The monoisotopic (exact) mass is 424 g/mol. The van der Waals surface area contributed by atoms with Crippen molar-refractivity contribution in [2.24, 2.45) is 0 Å². The molecule has 1 aliphatic rings. The van der Waals surface area contributed by atoms with Crippen molar-refractivity contribution in [3.63, 3.8) is 0 Å². The standard InChI is InChI=1S/C22H26N4O2.CH2O2/c1-3-26-14-17(12-23-26)13-24(2)22(27)21-9-8-20(28-21)16-25-11-10-18-6-4-5-7-19(18)15-25;2-1-3/h4-9,12,14H,3,10-11,13,15-16H2,1-2H3;1H,(H,2,3). The average molecular weight is 425 g/mol. The van der Waals surface area contributed by atoms with Crippen LogP contribution in [-0.4, -0.2) is 50.7 Å². The van der Waals surface area contributed by atoms with Crippen LogP contribution in [0.4, 0.5) is 0 Å². The second-order valence-electron chi connectivity index (χ2n) is 7.47. The van der Waals surface area contributed by atoms with E-state index in [0.29, 0.717) is 18.8 Å². The van der Waals surface area contributed by atoms with E-state index < -0.39 is 0 Å². The zero-order valence-electron chi connectivity index (χ0n) is 17.9. The maximum Gasteiger partial charge on any atom is 0.290 e. The molecule has 8 nitrogen and oxygen atoms in total. The number of hydrogen-bond acceptors (Lipinski definition) is 5. The number of benzene rings is 1. The van der Waals surface area contributed by atoms with E-state index in [1.807, 2.05) is 23.9 Å². The third kappa shape index (κ3) is 5.82. The fourth-order valence-electron chi connectivity index (χ4n) is 3.68. The molecule has 0 unspecified atom stereocenters. The van der Waals surface area contributed by atoms with Gasteiger partial charge in [-0.25, -0.2) is 0 Å². The molecule has 0 saturated carbocycles. The molecule has 31 heavy (non-hydrogen) atoms. The number of aromatic nitrogens is 2. The molecule has 0 atom stereocenters. The number of nitrogens with zero attached hydrogens (tertiary/aromatic N) is 4. The number of rotatable bonds is 6. The van der Waals surface area contributed by atoms with Gasteiger partial charge in [0.25, 0.3) is 12.4 Å². The second kappa shape index (κ2) is 10.6. The van der Waals surface area contributed by atoms with E-state index in [9.17, 15) is 4.79 Å². The van der Waals surface area contributed by atoms with Gasteiger partial charge in [0.05, 0.1) is 12.7 Å². The number of carboxylic acid groups (broad SMARTS) is 1. The van der Waals surface area contributed by atoms with Gasteiger partial charge >= 0.3 is 0 Å². The lowest BCUT2D eigenvalue weighted by Gasteiger charge is -2.27. The van der Waals surface area contributed by atoms with Crippen LogP contribution in [0.3, 0.4) is 0 Å². The van der Waals surface area contributed by atoms with Gasteiger partial charge in [-0.1, -0.05) is 24.3 Å². The molecule has 1 aromatic carbocycles. The lowest BCUT2D eigenvalue weighted by molar-refractivity contribution is -0.122. The first-order chi connectivity index (χ1) is 15.0. The molecule has 4 rings (SSSR count). The summed E-state index contributed by atoms with van der Waals surface area (Å²) in [6.45, 7) is 5.76. The first-order valence-corrected chi connectivity index (χ1v) is 10.3. The van der Waals surface area contributed by atoms with E-state index in [0.717, 1.165) is 37.4 Å². The predicted octanol–water partition coefficient (Wildman–Crippen LogP) is 3.03. The largest absolute Gasteiger partial charge is 0.483 e. The Labute approximate surface area is 181 Å². The quantitative estimate of drug-likeness (QED) is 0.612. The molecular formula is C23H28N4O4. The molecule has 0 radical (unpaired) electrons. The lowest BCUT2D eigenvalue weighted by atomic mass is 10.00. The van der Waals surface area contributed by atoms with Gasteiger partial charge in [-0.05, 0) is 36.6 Å². The van der Waals surface area contributed by atoms with Gasteiger partial charge in [-0.2, -0.15) is 5.10 Å². The Morgan fingerprint density at radius 3 is 2.71 bits per heavy atom. The molecular weight excluding hydrogens is 396 g/mol. The van der Waals surface area contributed by atoms with Crippen molar-refractivity contribution in [1.29, 1.82) is 0 Å². The summed E-state index contributed by atoms with van der Waals surface area (Å²) in [6, 6.07) is 12.3. The van der Waals surface area contributed by atoms with E-state index in [1.165, 1.54) is 11.1 Å². The lowest BCUT2D eigenvalue weighted by Crippen LogP contribution is -2.29. The summed E-state index contributed by atoms with van der Waals surface area (Å²) in [6.07, 6.45) is 4.82. The van der Waals surface area contributed by atoms with E-state index in [-0.39, 0.29) is 12.4 Å². The molecule has 3 aromatic rings. The van der Waals surface area contributed by atoms with Crippen molar-refractivity contribution in [2.45, 2.75) is 39.5 Å². The molecule has 0 bridgehead atoms. The molecule has 1 amide bonds. The number of amides is 1. The highest BCUT2D eigenvalue weighted by molar-refractivity contribution is 5.91. The number of fused-ring (bicyclic) bond motifs is 1. The highest BCUT2D eigenvalue weighted by Gasteiger charge is 2.20. The third-order valence-electron chi connectivity index (χ3n) is 5.24. The Morgan fingerprint density at radius 1 is 1.26 bits per heavy atom. The second-order valence-corrected chi connectivity index (χ2v) is 7.47. The van der Waals surface area contributed by atoms with Gasteiger partial charge in [-0.15, -0.1) is 0 Å². The summed E-state index contributed by atoms with van der Waals surface area (Å²) in [5.74, 6) is 1.10. The smallest absolute Gasteiger partial charge is 0.290 e. The van der Waals surface area contributed by atoms with Gasteiger partial charge in [-0.3, -0.25) is 19.2 Å². The van der Waals surface area contributed by atoms with Crippen molar-refractivity contribution >= 4 is 12.4 Å². The number of carbonyl (C=O) groups is 2. The van der Waals surface area contributed by atoms with Crippen LogP contribution in [0.1, 0.15) is 39.9 Å². The van der Waals surface area contributed by atoms with Crippen molar-refractivity contribution in [1.82, 2.24) is 19.6 Å². The highest BCUT2D eigenvalue weighted by Crippen LogP contribution is 2.21. The molecule has 164 valence electrons. The number of carbonyl (C=O) groups excluding carboxylic acids is 1. The zero-order valence-corrected chi connectivity index (χ0v) is 17.9. The zero-order chi connectivity index (χ0) is 22.2. The minimum Gasteiger partial charge on any atom is -0.483 e. The Morgan fingerprint density at radius 2 is 2.00 bits per heavy atom. The normalized spacial score (nSPS) is 13.1. The molecule has 0 fully saturated rings. The average Bonchev–Trinajstić information content (AvgIpc) is 3.43. The van der Waals surface area contributed by atoms with E-state index in [2.05, 4.69) is 34.3 Å². The predicted molar refractivity (Wildman–Crippen MR) is 115 cm³/mol. The van der Waals surface area contributed by atoms with Crippen LogP contribution in [0.25, 0.3) is 0 Å². The molecule has 0 aliphatic carbocycles. The SMILES string of the molecule is CCn1cc(CN(C)C(=O)c2ccc(CN3CCc4ccccc4C3)o2)cn1.O=CO. The van der Waals surface area contributed by atoms with Gasteiger partial charge in [0.15, 0.2) is 5.76 Å². The van der Waals surface area contributed by atoms with E-state index in [1.54, 1.807) is 24.2 Å². The summed E-state index contributed by atoms with van der Waals surface area (Å²) in [5.41, 5.74) is 3.82. The van der Waals surface area contributed by atoms with E-state index >= 15 is 0 Å². The van der Waals surface area contributed by atoms with Crippen LogP contribution < -0.4 is 0 Å². The first kappa shape index (κ1) is 22.3. The van der Waals surface area contributed by atoms with Crippen molar-refractivity contribution in [2.75, 3.05) is 13.6 Å². The topological polar surface area (TPSA) is 91.8 Å². The van der Waals surface area contributed by atoms with Crippen molar-refractivity contribution < 1.29 is 19.1 Å². The van der Waals surface area contributed by atoms with Crippen LogP contribution in [0, 0.1) is 0 Å². The minimum absolute atomic E-state index is 0.112. The fraction of sp³-hybridized carbons (Fsp3) is 0.348. The van der Waals surface area contributed by atoms with Gasteiger partial charge in [0.2, 0.25) is 0 Å². The third-order valence-corrected chi connectivity index (χ3v) is 5.24. The molecule has 8 heteroatoms. The fourth-order valence-corrected chi connectivity index (χ4v) is 3.68. The number of furan rings is 1. The maximum absolute atomic E-state index is 12.7. The summed E-state index contributed by atoms with van der Waals surface area (Å²) in [5, 5.41) is 11.1.